The fourth-order valence-corrected chi connectivity index (χ4v) is 8.75. The third-order valence-corrected chi connectivity index (χ3v) is 9.30. The Bertz CT molecular complexity index is 608. The second-order valence-electron chi connectivity index (χ2n) is 7.82. The lowest BCUT2D eigenvalue weighted by molar-refractivity contribution is -0.194. The van der Waals surface area contributed by atoms with Crippen molar-refractivity contribution in [3.63, 3.8) is 0 Å². The Labute approximate surface area is 147 Å². The summed E-state index contributed by atoms with van der Waals surface area (Å²) in [6.07, 6.45) is 6.04. The Kier molecular flexibility index (Phi) is 4.37. The molecule has 3 aliphatic heterocycles. The molecule has 3 fully saturated rings. The summed E-state index contributed by atoms with van der Waals surface area (Å²) in [6, 6.07) is 4.95. The maximum Gasteiger partial charge on any atom is 0.209 e. The lowest BCUT2D eigenvalue weighted by Crippen LogP contribution is -2.47. The number of fused-ring (bicyclic) bond motifs is 1. The van der Waals surface area contributed by atoms with Gasteiger partial charge in [0.1, 0.15) is 0 Å². The molecule has 2 atom stereocenters. The monoisotopic (exact) mass is 347 g/mol. The van der Waals surface area contributed by atoms with E-state index in [-0.39, 0.29) is 0 Å². The van der Waals surface area contributed by atoms with Crippen molar-refractivity contribution >= 4 is 13.6 Å². The highest BCUT2D eigenvalue weighted by Gasteiger charge is 2.59. The minimum absolute atomic E-state index is 0.470. The number of hydrogen-bond donors (Lipinski definition) is 0. The summed E-state index contributed by atoms with van der Waals surface area (Å²) < 4.78 is 7.02. The number of anilines is 1. The van der Waals surface area contributed by atoms with Crippen LogP contribution in [0.1, 0.15) is 48.8 Å². The Morgan fingerprint density at radius 2 is 1.62 bits per heavy atom. The van der Waals surface area contributed by atoms with Gasteiger partial charge in [0, 0.05) is 19.6 Å². The molecule has 1 aromatic rings. The fraction of sp³-hybridized carbons (Fsp3) is 0.684. The van der Waals surface area contributed by atoms with Gasteiger partial charge in [0.25, 0.3) is 0 Å². The zero-order valence-electron chi connectivity index (χ0n) is 15.3. The predicted octanol–water partition coefficient (Wildman–Crippen LogP) is 3.42. The van der Waals surface area contributed by atoms with E-state index in [2.05, 4.69) is 46.9 Å². The van der Waals surface area contributed by atoms with E-state index in [1.807, 2.05) is 0 Å². The van der Waals surface area contributed by atoms with Crippen molar-refractivity contribution in [1.82, 2.24) is 9.34 Å². The predicted molar refractivity (Wildman–Crippen MR) is 100 cm³/mol. The summed E-state index contributed by atoms with van der Waals surface area (Å²) in [5.74, 6) is 0. The third kappa shape index (κ3) is 2.50. The molecule has 132 valence electrons. The van der Waals surface area contributed by atoms with E-state index in [0.29, 0.717) is 6.04 Å². The van der Waals surface area contributed by atoms with Crippen LogP contribution in [0, 0.1) is 20.8 Å². The number of piperidine rings is 1. The van der Waals surface area contributed by atoms with Crippen LogP contribution in [0.3, 0.4) is 0 Å². The normalized spacial score (nSPS) is 31.7. The Morgan fingerprint density at radius 1 is 0.958 bits per heavy atom. The Hall–Kier alpha value is -0.670. The van der Waals surface area contributed by atoms with Gasteiger partial charge in [-0.25, -0.2) is 4.67 Å². The summed E-state index contributed by atoms with van der Waals surface area (Å²) in [5.41, 5.74) is 5.06. The summed E-state index contributed by atoms with van der Waals surface area (Å²) in [7, 11) is -2.65. The average Bonchev–Trinajstić information content (AvgIpc) is 3.11. The van der Waals surface area contributed by atoms with Crippen molar-refractivity contribution in [2.75, 3.05) is 30.8 Å². The van der Waals surface area contributed by atoms with E-state index < -0.39 is 7.94 Å². The molecule has 4 rings (SSSR count). The summed E-state index contributed by atoms with van der Waals surface area (Å²) >= 11 is 0. The van der Waals surface area contributed by atoms with Crippen molar-refractivity contribution in [2.24, 2.45) is 0 Å². The first-order chi connectivity index (χ1) is 11.5. The first-order valence-electron chi connectivity index (χ1n) is 9.50. The van der Waals surface area contributed by atoms with Crippen molar-refractivity contribution in [2.45, 2.75) is 58.9 Å². The maximum atomic E-state index is 14.5. The standard InChI is InChI=1S/C19H30N3OP/c1-15-12-16(2)19(17(3)13-15)22-14-18-8-7-11-21(18)24(22,23)20-9-5-4-6-10-20/h12-13,18H,4-11,14H2,1-3H3/t18-,24?/m0/s1. The quantitative estimate of drug-likeness (QED) is 0.768. The van der Waals surface area contributed by atoms with Gasteiger partial charge in [-0.2, -0.15) is 0 Å². The van der Waals surface area contributed by atoms with Crippen molar-refractivity contribution in [3.05, 3.63) is 28.8 Å². The van der Waals surface area contributed by atoms with Gasteiger partial charge in [0.15, 0.2) is 0 Å². The second kappa shape index (κ2) is 6.25. The van der Waals surface area contributed by atoms with Crippen LogP contribution in [0.15, 0.2) is 12.1 Å². The molecule has 4 nitrogen and oxygen atoms in total. The van der Waals surface area contributed by atoms with Crippen molar-refractivity contribution < 1.29 is 4.89 Å². The molecule has 0 bridgehead atoms. The molecule has 3 heterocycles. The van der Waals surface area contributed by atoms with Gasteiger partial charge < -0.3 is 4.89 Å². The zero-order valence-corrected chi connectivity index (χ0v) is 16.2. The molecule has 1 aromatic carbocycles. The highest BCUT2D eigenvalue weighted by Crippen LogP contribution is 2.69. The lowest BCUT2D eigenvalue weighted by Gasteiger charge is -2.47. The number of hydrogen-bond acceptors (Lipinski definition) is 4. The molecule has 0 aliphatic carbocycles. The summed E-state index contributed by atoms with van der Waals surface area (Å²) in [5, 5.41) is 0. The van der Waals surface area contributed by atoms with E-state index >= 15 is 0 Å². The van der Waals surface area contributed by atoms with E-state index in [1.165, 1.54) is 54.5 Å². The molecule has 5 heteroatoms. The Morgan fingerprint density at radius 3 is 2.29 bits per heavy atom. The summed E-state index contributed by atoms with van der Waals surface area (Å²) in [6.45, 7) is 10.4. The number of rotatable bonds is 2. The van der Waals surface area contributed by atoms with Crippen LogP contribution in [0.2, 0.25) is 0 Å². The smallest absolute Gasteiger partial charge is 0.209 e. The largest absolute Gasteiger partial charge is 0.631 e. The average molecular weight is 347 g/mol. The van der Waals surface area contributed by atoms with Crippen molar-refractivity contribution in [3.8, 4) is 0 Å². The first-order valence-corrected chi connectivity index (χ1v) is 11.1. The molecule has 0 aromatic heterocycles. The first kappa shape index (κ1) is 16.8. The molecule has 0 N–H and O–H groups in total. The van der Waals surface area contributed by atoms with Gasteiger partial charge in [0.2, 0.25) is 7.94 Å². The molecule has 3 aliphatic rings. The molecular formula is C19H30N3OP. The summed E-state index contributed by atoms with van der Waals surface area (Å²) in [4.78, 5) is 14.5. The van der Waals surface area contributed by atoms with Crippen LogP contribution in [-0.2, 0) is 0 Å². The van der Waals surface area contributed by atoms with Gasteiger partial charge >= 0.3 is 0 Å². The minimum Gasteiger partial charge on any atom is -0.631 e. The second-order valence-corrected chi connectivity index (χ2v) is 10.4. The van der Waals surface area contributed by atoms with Crippen LogP contribution in [0.4, 0.5) is 5.69 Å². The SMILES string of the molecule is Cc1cc(C)c(N2C[C@@H]3CCCN3[P+]2([O-])N2CCCCC2)c(C)c1. The van der Waals surface area contributed by atoms with Gasteiger partial charge in [-0.1, -0.05) is 24.1 Å². The number of nitrogens with zero attached hydrogens (tertiary/aromatic N) is 3. The van der Waals surface area contributed by atoms with E-state index in [9.17, 15) is 4.89 Å². The van der Waals surface area contributed by atoms with Crippen LogP contribution in [0.25, 0.3) is 0 Å². The molecule has 0 radical (unpaired) electrons. The third-order valence-electron chi connectivity index (χ3n) is 5.97. The molecule has 1 unspecified atom stereocenters. The fourth-order valence-electron chi connectivity index (χ4n) is 5.05. The molecule has 24 heavy (non-hydrogen) atoms. The molecule has 0 amide bonds. The molecule has 3 saturated heterocycles. The number of aryl methyl sites for hydroxylation is 3. The van der Waals surface area contributed by atoms with Gasteiger partial charge in [-0.15, -0.1) is 9.34 Å². The van der Waals surface area contributed by atoms with Crippen LogP contribution in [0.5, 0.6) is 0 Å². The molecule has 0 spiro atoms. The van der Waals surface area contributed by atoms with Crippen LogP contribution < -0.4 is 9.56 Å². The highest BCUT2D eigenvalue weighted by atomic mass is 31.2. The van der Waals surface area contributed by atoms with Crippen LogP contribution in [-0.4, -0.2) is 41.6 Å². The van der Waals surface area contributed by atoms with Crippen molar-refractivity contribution in [1.29, 1.82) is 0 Å². The minimum atomic E-state index is -2.65. The molecular weight excluding hydrogens is 317 g/mol. The van der Waals surface area contributed by atoms with E-state index in [4.69, 9.17) is 0 Å². The zero-order chi connectivity index (χ0) is 16.9. The maximum absolute atomic E-state index is 14.5. The number of benzene rings is 1. The topological polar surface area (TPSA) is 32.8 Å². The molecule has 0 saturated carbocycles. The van der Waals surface area contributed by atoms with Gasteiger partial charge in [-0.3, -0.25) is 0 Å². The lowest BCUT2D eigenvalue weighted by atomic mass is 10.0. The highest BCUT2D eigenvalue weighted by molar-refractivity contribution is 7.66. The van der Waals surface area contributed by atoms with Crippen LogP contribution >= 0.6 is 7.94 Å². The van der Waals surface area contributed by atoms with E-state index in [0.717, 1.165) is 26.2 Å². The van der Waals surface area contributed by atoms with E-state index in [1.54, 1.807) is 0 Å². The van der Waals surface area contributed by atoms with Gasteiger partial charge in [-0.05, 0) is 57.6 Å². The van der Waals surface area contributed by atoms with Gasteiger partial charge in [0.05, 0.1) is 18.3 Å². The Balaban J connectivity index is 1.78.